The SMILES string of the molecule is O=c1cccc(C(F)(F)F)[nH]1.OC1CCOC(COc2ccccc2)C1O. The van der Waals surface area contributed by atoms with Gasteiger partial charge in [0.15, 0.2) is 0 Å². The summed E-state index contributed by atoms with van der Waals surface area (Å²) in [7, 11) is 0. The molecule has 1 aliphatic heterocycles. The maximum absolute atomic E-state index is 11.8. The number of aromatic amines is 1. The summed E-state index contributed by atoms with van der Waals surface area (Å²) in [6.07, 6.45) is -6.02. The van der Waals surface area contributed by atoms with Gasteiger partial charge in [0.2, 0.25) is 5.56 Å². The van der Waals surface area contributed by atoms with Crippen LogP contribution in [-0.2, 0) is 10.9 Å². The van der Waals surface area contributed by atoms with E-state index in [-0.39, 0.29) is 6.61 Å². The van der Waals surface area contributed by atoms with E-state index >= 15 is 0 Å². The average Bonchev–Trinajstić information content (AvgIpc) is 2.64. The molecule has 1 aliphatic rings. The topological polar surface area (TPSA) is 91.8 Å². The molecule has 6 nitrogen and oxygen atoms in total. The first-order valence-corrected chi connectivity index (χ1v) is 8.19. The highest BCUT2D eigenvalue weighted by Gasteiger charge is 2.32. The molecule has 148 valence electrons. The first-order chi connectivity index (χ1) is 12.8. The zero-order valence-corrected chi connectivity index (χ0v) is 14.2. The Morgan fingerprint density at radius 1 is 1.11 bits per heavy atom. The Balaban J connectivity index is 0.000000208. The largest absolute Gasteiger partial charge is 0.491 e. The summed E-state index contributed by atoms with van der Waals surface area (Å²) in [6, 6.07) is 12.2. The molecule has 3 rings (SSSR count). The number of ether oxygens (including phenoxy) is 2. The predicted molar refractivity (Wildman–Crippen MR) is 90.4 cm³/mol. The van der Waals surface area contributed by atoms with Crippen molar-refractivity contribution >= 4 is 0 Å². The average molecular weight is 387 g/mol. The van der Waals surface area contributed by atoms with E-state index in [4.69, 9.17) is 9.47 Å². The number of hydrogen-bond acceptors (Lipinski definition) is 5. The lowest BCUT2D eigenvalue weighted by atomic mass is 10.0. The van der Waals surface area contributed by atoms with Crippen molar-refractivity contribution in [1.29, 1.82) is 0 Å². The minimum absolute atomic E-state index is 0.252. The van der Waals surface area contributed by atoms with E-state index in [2.05, 4.69) is 0 Å². The summed E-state index contributed by atoms with van der Waals surface area (Å²) in [5.41, 5.74) is -1.77. The van der Waals surface area contributed by atoms with Crippen LogP contribution in [0.4, 0.5) is 13.2 Å². The lowest BCUT2D eigenvalue weighted by molar-refractivity contribution is -0.144. The Labute approximate surface area is 153 Å². The number of pyridine rings is 1. The molecule has 1 saturated heterocycles. The van der Waals surface area contributed by atoms with Crippen LogP contribution in [0.5, 0.6) is 5.75 Å². The van der Waals surface area contributed by atoms with Crippen LogP contribution < -0.4 is 10.3 Å². The van der Waals surface area contributed by atoms with E-state index in [0.717, 1.165) is 23.9 Å². The van der Waals surface area contributed by atoms with Crippen LogP contribution in [0.1, 0.15) is 12.1 Å². The molecule has 2 aromatic rings. The number of aliphatic hydroxyl groups excluding tert-OH is 2. The van der Waals surface area contributed by atoms with Crippen molar-refractivity contribution < 1.29 is 32.9 Å². The first-order valence-electron chi connectivity index (χ1n) is 8.19. The Bertz CT molecular complexity index is 750. The molecular formula is C18H20F3NO5. The fourth-order valence-corrected chi connectivity index (χ4v) is 2.31. The summed E-state index contributed by atoms with van der Waals surface area (Å²) in [4.78, 5) is 12.0. The van der Waals surface area contributed by atoms with Crippen molar-refractivity contribution in [2.75, 3.05) is 13.2 Å². The number of rotatable bonds is 3. The molecule has 1 aromatic heterocycles. The molecule has 9 heteroatoms. The second-order valence-corrected chi connectivity index (χ2v) is 5.81. The van der Waals surface area contributed by atoms with Gasteiger partial charge < -0.3 is 24.7 Å². The van der Waals surface area contributed by atoms with Crippen LogP contribution in [-0.4, -0.2) is 46.7 Å². The highest BCUT2D eigenvalue weighted by atomic mass is 19.4. The highest BCUT2D eigenvalue weighted by molar-refractivity contribution is 5.21. The van der Waals surface area contributed by atoms with Gasteiger partial charge in [-0.05, 0) is 24.6 Å². The number of aliphatic hydroxyl groups is 2. The minimum Gasteiger partial charge on any atom is -0.491 e. The molecule has 3 N–H and O–H groups in total. The van der Waals surface area contributed by atoms with Crippen molar-refractivity contribution in [3.8, 4) is 5.75 Å². The van der Waals surface area contributed by atoms with E-state index in [0.29, 0.717) is 13.0 Å². The normalized spacial score (nSPS) is 22.5. The molecule has 27 heavy (non-hydrogen) atoms. The van der Waals surface area contributed by atoms with Crippen LogP contribution in [0, 0.1) is 0 Å². The number of para-hydroxylation sites is 1. The molecule has 0 saturated carbocycles. The number of H-pyrrole nitrogens is 1. The molecule has 0 spiro atoms. The van der Waals surface area contributed by atoms with Crippen molar-refractivity contribution in [3.05, 3.63) is 64.6 Å². The van der Waals surface area contributed by atoms with Gasteiger partial charge in [0.05, 0.1) is 6.10 Å². The maximum Gasteiger partial charge on any atom is 0.431 e. The third-order valence-electron chi connectivity index (χ3n) is 3.75. The van der Waals surface area contributed by atoms with Gasteiger partial charge in [0.1, 0.15) is 30.3 Å². The van der Waals surface area contributed by atoms with E-state index in [1.54, 1.807) is 4.98 Å². The number of nitrogens with one attached hydrogen (secondary N) is 1. The lowest BCUT2D eigenvalue weighted by Crippen LogP contribution is -2.47. The van der Waals surface area contributed by atoms with Crippen molar-refractivity contribution in [2.24, 2.45) is 0 Å². The summed E-state index contributed by atoms with van der Waals surface area (Å²) in [6.45, 7) is 0.712. The third-order valence-corrected chi connectivity index (χ3v) is 3.75. The zero-order chi connectivity index (χ0) is 19.9. The maximum atomic E-state index is 11.8. The van der Waals surface area contributed by atoms with Gasteiger partial charge in [-0.15, -0.1) is 0 Å². The van der Waals surface area contributed by atoms with Gasteiger partial charge in [-0.3, -0.25) is 4.79 Å². The van der Waals surface area contributed by atoms with Gasteiger partial charge in [-0.2, -0.15) is 13.2 Å². The molecule has 3 atom stereocenters. The molecule has 0 bridgehead atoms. The molecule has 2 heterocycles. The molecule has 1 aromatic carbocycles. The Morgan fingerprint density at radius 3 is 2.41 bits per heavy atom. The quantitative estimate of drug-likeness (QED) is 0.749. The van der Waals surface area contributed by atoms with E-state index in [9.17, 15) is 28.2 Å². The Kier molecular flexibility index (Phi) is 7.40. The molecule has 1 fully saturated rings. The number of alkyl halides is 3. The van der Waals surface area contributed by atoms with Gasteiger partial charge in [-0.25, -0.2) is 0 Å². The van der Waals surface area contributed by atoms with E-state index in [1.807, 2.05) is 30.3 Å². The third kappa shape index (κ3) is 6.70. The molecular weight excluding hydrogens is 367 g/mol. The summed E-state index contributed by atoms with van der Waals surface area (Å²) in [5.74, 6) is 0.735. The number of halogens is 3. The molecule has 0 amide bonds. The van der Waals surface area contributed by atoms with Crippen molar-refractivity contribution in [2.45, 2.75) is 30.9 Å². The smallest absolute Gasteiger partial charge is 0.431 e. The number of benzene rings is 1. The van der Waals surface area contributed by atoms with Gasteiger partial charge >= 0.3 is 6.18 Å². The fourth-order valence-electron chi connectivity index (χ4n) is 2.31. The van der Waals surface area contributed by atoms with Gasteiger partial charge in [0, 0.05) is 12.7 Å². The first kappa shape index (κ1) is 20.9. The van der Waals surface area contributed by atoms with Gasteiger partial charge in [0.25, 0.3) is 0 Å². The standard InChI is InChI=1S/C12H16O4.C6H4F3NO/c13-10-6-7-15-11(12(10)14)8-16-9-4-2-1-3-5-9;7-6(8,9)4-2-1-3-5(11)10-4/h1-5,10-14H,6-8H2;1-3H,(H,10,11). The monoisotopic (exact) mass is 387 g/mol. The number of hydrogen-bond donors (Lipinski definition) is 3. The predicted octanol–water partition coefficient (Wildman–Crippen LogP) is 1.97. The van der Waals surface area contributed by atoms with Crippen LogP contribution >= 0.6 is 0 Å². The highest BCUT2D eigenvalue weighted by Crippen LogP contribution is 2.25. The second-order valence-electron chi connectivity index (χ2n) is 5.81. The molecule has 3 unspecified atom stereocenters. The Morgan fingerprint density at radius 2 is 1.81 bits per heavy atom. The summed E-state index contributed by atoms with van der Waals surface area (Å²) in [5, 5.41) is 19.1. The minimum atomic E-state index is -4.47. The van der Waals surface area contributed by atoms with Crippen molar-refractivity contribution in [1.82, 2.24) is 4.98 Å². The van der Waals surface area contributed by atoms with Crippen LogP contribution in [0.2, 0.25) is 0 Å². The van der Waals surface area contributed by atoms with E-state index < -0.39 is 35.7 Å². The van der Waals surface area contributed by atoms with Crippen LogP contribution in [0.25, 0.3) is 0 Å². The van der Waals surface area contributed by atoms with E-state index in [1.165, 1.54) is 0 Å². The summed E-state index contributed by atoms with van der Waals surface area (Å²) >= 11 is 0. The van der Waals surface area contributed by atoms with Crippen molar-refractivity contribution in [3.63, 3.8) is 0 Å². The zero-order valence-electron chi connectivity index (χ0n) is 14.2. The van der Waals surface area contributed by atoms with Crippen LogP contribution in [0.15, 0.2) is 53.3 Å². The van der Waals surface area contributed by atoms with Crippen LogP contribution in [0.3, 0.4) is 0 Å². The molecule has 0 radical (unpaired) electrons. The fraction of sp³-hybridized carbons (Fsp3) is 0.389. The second kappa shape index (κ2) is 9.54. The lowest BCUT2D eigenvalue weighted by Gasteiger charge is -2.31. The number of aromatic nitrogens is 1. The Hall–Kier alpha value is -2.36. The van der Waals surface area contributed by atoms with Gasteiger partial charge in [-0.1, -0.05) is 24.3 Å². The summed E-state index contributed by atoms with van der Waals surface area (Å²) < 4.78 is 46.2. The molecule has 0 aliphatic carbocycles.